The standard InChI is InChI=1S/C12H24N4O2S/c1-12(7-8-19(17,18)9-12)15-11(16-13)14-10-5-3-2-4-6-10/h10H,2-9,13H2,1H3,(H2,14,15,16). The molecule has 1 saturated heterocycles. The van der Waals surface area contributed by atoms with Crippen LogP contribution in [0.5, 0.6) is 0 Å². The lowest BCUT2D eigenvalue weighted by Gasteiger charge is -2.27. The summed E-state index contributed by atoms with van der Waals surface area (Å²) < 4.78 is 23.1. The van der Waals surface area contributed by atoms with Crippen LogP contribution in [0.4, 0.5) is 0 Å². The average molecular weight is 288 g/mol. The minimum Gasteiger partial charge on any atom is -0.349 e. The van der Waals surface area contributed by atoms with Crippen LogP contribution in [-0.4, -0.2) is 37.5 Å². The van der Waals surface area contributed by atoms with Crippen LogP contribution in [0.25, 0.3) is 0 Å². The molecule has 0 spiro atoms. The van der Waals surface area contributed by atoms with Crippen molar-refractivity contribution in [2.45, 2.75) is 57.0 Å². The number of aliphatic imine (C=N–C) groups is 1. The largest absolute Gasteiger partial charge is 0.349 e. The number of sulfone groups is 1. The molecule has 6 nitrogen and oxygen atoms in total. The maximum atomic E-state index is 11.6. The predicted octanol–water partition coefficient (Wildman–Crippen LogP) is 0.305. The predicted molar refractivity (Wildman–Crippen MR) is 76.4 cm³/mol. The van der Waals surface area contributed by atoms with Gasteiger partial charge in [0.25, 0.3) is 0 Å². The first-order chi connectivity index (χ1) is 8.92. The van der Waals surface area contributed by atoms with E-state index < -0.39 is 15.4 Å². The molecule has 1 heterocycles. The van der Waals surface area contributed by atoms with Crippen LogP contribution in [0, 0.1) is 0 Å². The Morgan fingerprint density at radius 1 is 1.32 bits per heavy atom. The Morgan fingerprint density at radius 2 is 2.00 bits per heavy atom. The van der Waals surface area contributed by atoms with E-state index in [9.17, 15) is 8.42 Å². The second kappa shape index (κ2) is 5.66. The quantitative estimate of drug-likeness (QED) is 0.294. The molecule has 19 heavy (non-hydrogen) atoms. The molecule has 0 aromatic heterocycles. The highest BCUT2D eigenvalue weighted by Crippen LogP contribution is 2.23. The van der Waals surface area contributed by atoms with Crippen molar-refractivity contribution in [1.82, 2.24) is 10.7 Å². The van der Waals surface area contributed by atoms with E-state index in [1.165, 1.54) is 19.3 Å². The summed E-state index contributed by atoms with van der Waals surface area (Å²) in [6.07, 6.45) is 6.46. The van der Waals surface area contributed by atoms with Gasteiger partial charge in [-0.1, -0.05) is 19.3 Å². The van der Waals surface area contributed by atoms with E-state index in [0.717, 1.165) is 12.8 Å². The number of hydrazine groups is 1. The van der Waals surface area contributed by atoms with Crippen molar-refractivity contribution in [1.29, 1.82) is 0 Å². The van der Waals surface area contributed by atoms with E-state index in [1.807, 2.05) is 6.92 Å². The molecule has 0 radical (unpaired) electrons. The molecule has 7 heteroatoms. The average Bonchev–Trinajstić information content (AvgIpc) is 2.64. The van der Waals surface area contributed by atoms with Crippen molar-refractivity contribution in [2.75, 3.05) is 11.5 Å². The highest BCUT2D eigenvalue weighted by atomic mass is 32.2. The molecule has 4 N–H and O–H groups in total. The van der Waals surface area contributed by atoms with Crippen molar-refractivity contribution in [3.63, 3.8) is 0 Å². The summed E-state index contributed by atoms with van der Waals surface area (Å²) in [6.45, 7) is 1.91. The highest BCUT2D eigenvalue weighted by molar-refractivity contribution is 7.91. The molecule has 0 bridgehead atoms. The van der Waals surface area contributed by atoms with Gasteiger partial charge in [-0.05, 0) is 26.2 Å². The number of nitrogens with one attached hydrogen (secondary N) is 2. The van der Waals surface area contributed by atoms with Gasteiger partial charge in [-0.2, -0.15) is 0 Å². The molecule has 1 aliphatic heterocycles. The molecule has 0 aromatic rings. The van der Waals surface area contributed by atoms with Gasteiger partial charge in [-0.3, -0.25) is 5.43 Å². The van der Waals surface area contributed by atoms with Crippen molar-refractivity contribution in [2.24, 2.45) is 10.8 Å². The zero-order chi connectivity index (χ0) is 13.9. The fraction of sp³-hybridized carbons (Fsp3) is 0.917. The van der Waals surface area contributed by atoms with Gasteiger partial charge in [0.05, 0.1) is 23.1 Å². The lowest BCUT2D eigenvalue weighted by Crippen LogP contribution is -2.54. The molecule has 1 saturated carbocycles. The Bertz CT molecular complexity index is 443. The molecule has 2 aliphatic rings. The van der Waals surface area contributed by atoms with E-state index in [-0.39, 0.29) is 11.5 Å². The number of nitrogens with zero attached hydrogens (tertiary/aromatic N) is 1. The molecule has 0 amide bonds. The van der Waals surface area contributed by atoms with E-state index >= 15 is 0 Å². The van der Waals surface area contributed by atoms with Crippen molar-refractivity contribution >= 4 is 15.8 Å². The van der Waals surface area contributed by atoms with Crippen LogP contribution < -0.4 is 16.6 Å². The first kappa shape index (κ1) is 14.6. The van der Waals surface area contributed by atoms with Crippen LogP contribution in [0.1, 0.15) is 45.4 Å². The van der Waals surface area contributed by atoms with E-state index in [0.29, 0.717) is 18.4 Å². The molecule has 2 rings (SSSR count). The summed E-state index contributed by atoms with van der Waals surface area (Å²) >= 11 is 0. The summed E-state index contributed by atoms with van der Waals surface area (Å²) in [5, 5.41) is 3.18. The molecule has 1 atom stereocenters. The lowest BCUT2D eigenvalue weighted by atomic mass is 9.96. The fourth-order valence-electron chi connectivity index (χ4n) is 2.89. The van der Waals surface area contributed by atoms with Crippen LogP contribution in [0.3, 0.4) is 0 Å². The Morgan fingerprint density at radius 3 is 2.53 bits per heavy atom. The molecule has 1 unspecified atom stereocenters. The Balaban J connectivity index is 2.00. The molecular formula is C12H24N4O2S. The molecular weight excluding hydrogens is 264 g/mol. The van der Waals surface area contributed by atoms with Gasteiger partial charge in [0.1, 0.15) is 0 Å². The third-order valence-corrected chi connectivity index (χ3v) is 5.85. The van der Waals surface area contributed by atoms with Crippen LogP contribution in [-0.2, 0) is 9.84 Å². The van der Waals surface area contributed by atoms with Gasteiger partial charge in [-0.15, -0.1) is 0 Å². The van der Waals surface area contributed by atoms with Gasteiger partial charge < -0.3 is 5.32 Å². The van der Waals surface area contributed by atoms with Crippen LogP contribution >= 0.6 is 0 Å². The minimum atomic E-state index is -2.93. The number of guanidine groups is 1. The maximum absolute atomic E-state index is 11.6. The third kappa shape index (κ3) is 4.07. The van der Waals surface area contributed by atoms with Crippen molar-refractivity contribution in [3.05, 3.63) is 0 Å². The zero-order valence-electron chi connectivity index (χ0n) is 11.5. The Labute approximate surface area is 115 Å². The van der Waals surface area contributed by atoms with Gasteiger partial charge in [0.15, 0.2) is 9.84 Å². The van der Waals surface area contributed by atoms with Crippen LogP contribution in [0.15, 0.2) is 4.99 Å². The monoisotopic (exact) mass is 288 g/mol. The Kier molecular flexibility index (Phi) is 4.35. The second-order valence-corrected chi connectivity index (χ2v) is 8.13. The first-order valence-electron chi connectivity index (χ1n) is 6.95. The molecule has 0 aromatic carbocycles. The SMILES string of the molecule is CC1(NC(=NC2CCCCC2)NN)CCS(=O)(=O)C1. The first-order valence-corrected chi connectivity index (χ1v) is 8.78. The van der Waals surface area contributed by atoms with Crippen LogP contribution in [0.2, 0.25) is 0 Å². The normalized spacial score (nSPS) is 32.2. The number of hydrogen-bond donors (Lipinski definition) is 3. The summed E-state index contributed by atoms with van der Waals surface area (Å²) in [7, 11) is -2.93. The van der Waals surface area contributed by atoms with Gasteiger partial charge in [0, 0.05) is 0 Å². The van der Waals surface area contributed by atoms with E-state index in [4.69, 9.17) is 5.84 Å². The smallest absolute Gasteiger partial charge is 0.206 e. The molecule has 2 fully saturated rings. The zero-order valence-corrected chi connectivity index (χ0v) is 12.3. The summed E-state index contributed by atoms with van der Waals surface area (Å²) in [6, 6.07) is 0.300. The van der Waals surface area contributed by atoms with E-state index in [1.54, 1.807) is 0 Å². The third-order valence-electron chi connectivity index (χ3n) is 3.95. The van der Waals surface area contributed by atoms with Gasteiger partial charge >= 0.3 is 0 Å². The summed E-state index contributed by atoms with van der Waals surface area (Å²) in [5.74, 6) is 6.40. The maximum Gasteiger partial charge on any atom is 0.206 e. The van der Waals surface area contributed by atoms with E-state index in [2.05, 4.69) is 15.7 Å². The lowest BCUT2D eigenvalue weighted by molar-refractivity contribution is 0.430. The summed E-state index contributed by atoms with van der Waals surface area (Å²) in [5.41, 5.74) is 2.11. The second-order valence-electron chi connectivity index (χ2n) is 5.94. The van der Waals surface area contributed by atoms with Crippen molar-refractivity contribution < 1.29 is 8.42 Å². The Hall–Kier alpha value is -0.820. The number of hydrogen-bond acceptors (Lipinski definition) is 4. The molecule has 110 valence electrons. The number of nitrogens with two attached hydrogens (primary N) is 1. The highest BCUT2D eigenvalue weighted by Gasteiger charge is 2.39. The summed E-state index contributed by atoms with van der Waals surface area (Å²) in [4.78, 5) is 4.59. The topological polar surface area (TPSA) is 96.6 Å². The molecule has 1 aliphatic carbocycles. The van der Waals surface area contributed by atoms with Gasteiger partial charge in [-0.25, -0.2) is 19.3 Å². The van der Waals surface area contributed by atoms with Crippen molar-refractivity contribution in [3.8, 4) is 0 Å². The number of rotatable bonds is 2. The minimum absolute atomic E-state index is 0.144. The fourth-order valence-corrected chi connectivity index (χ4v) is 4.99. The van der Waals surface area contributed by atoms with Gasteiger partial charge in [0.2, 0.25) is 5.96 Å².